The molecule has 430 valence electrons. The molecule has 0 spiro atoms. The van der Waals surface area contributed by atoms with E-state index in [0.29, 0.717) is 31.6 Å². The summed E-state index contributed by atoms with van der Waals surface area (Å²) in [5, 5.41) is 71.6. The van der Waals surface area contributed by atoms with Crippen molar-refractivity contribution in [3.63, 3.8) is 0 Å². The van der Waals surface area contributed by atoms with E-state index in [-0.39, 0.29) is 18.8 Å². The predicted octanol–water partition coefficient (Wildman–Crippen LogP) is 4.44. The van der Waals surface area contributed by atoms with Crippen molar-refractivity contribution >= 4 is 40.3 Å². The number of hydrogen-bond acceptors (Lipinski definition) is 19. The van der Waals surface area contributed by atoms with Crippen molar-refractivity contribution in [2.24, 2.45) is 17.8 Å². The Morgan fingerprint density at radius 2 is 1.69 bits per heavy atom. The molecule has 0 bridgehead atoms. The smallest absolute Gasteiger partial charge is 0.312 e. The van der Waals surface area contributed by atoms with Crippen LogP contribution in [0.5, 0.6) is 0 Å². The average Bonchev–Trinajstić information content (AvgIpc) is 3.84. The number of benzene rings is 1. The van der Waals surface area contributed by atoms with E-state index in [1.807, 2.05) is 84.6 Å². The Hall–Kier alpha value is -1.72. The Bertz CT molecular complexity index is 2050. The number of rotatable bonds is 19. The van der Waals surface area contributed by atoms with Gasteiger partial charge in [0.05, 0.1) is 47.2 Å². The first-order valence-corrected chi connectivity index (χ1v) is 29.1. The summed E-state index contributed by atoms with van der Waals surface area (Å²) in [5.41, 5.74) is -2.04. The lowest BCUT2D eigenvalue weighted by Crippen LogP contribution is -2.60. The van der Waals surface area contributed by atoms with E-state index >= 15 is 0 Å². The van der Waals surface area contributed by atoms with Crippen LogP contribution in [-0.2, 0) is 50.9 Å². The topological polar surface area (TPSA) is 232 Å². The van der Waals surface area contributed by atoms with Crippen molar-refractivity contribution in [1.29, 1.82) is 0 Å². The SMILES string of the molecule is CO[C@H](c1ccc(CNCCSC)cc1)[C@@H](CF)n1cc(CCN(C)[C@H]2C[C@@H](C)O[C@@H](O[C@@H]3[C@@H](C)[C@H](O[C@H]4C[C@@](C)(OC)[C@@H](O)[C@H](C)O4)[C@@H](C)C(=O)O[C@H](I)[C@@](C)(O)[C@H](O)[C@@H](C)N(C)C[C@H](C)C[C@@]3(C)O)[C@@H]2O)nn1. The Morgan fingerprint density at radius 1 is 1.01 bits per heavy atom. The molecule has 2 aromatic rings. The monoisotopic (exact) mass is 1200 g/mol. The zero-order valence-corrected chi connectivity index (χ0v) is 49.6. The first kappa shape index (κ1) is 64.1. The van der Waals surface area contributed by atoms with E-state index in [1.165, 1.54) is 18.7 Å². The van der Waals surface area contributed by atoms with Gasteiger partial charge in [0, 0.05) is 83.2 Å². The number of hydrogen-bond donors (Lipinski definition) is 6. The molecule has 1 aromatic heterocycles. The summed E-state index contributed by atoms with van der Waals surface area (Å²) in [5.74, 6) is -1.87. The lowest BCUT2D eigenvalue weighted by molar-refractivity contribution is -0.318. The van der Waals surface area contributed by atoms with Gasteiger partial charge < -0.3 is 73.8 Å². The van der Waals surface area contributed by atoms with Crippen LogP contribution >= 0.6 is 34.4 Å². The number of carbonyl (C=O) groups excluding carboxylic acids is 1. The predicted molar refractivity (Wildman–Crippen MR) is 292 cm³/mol. The molecule has 3 fully saturated rings. The number of likely N-dealkylation sites (N-methyl/N-ethyl adjacent to an activating group) is 2. The van der Waals surface area contributed by atoms with Crippen molar-refractivity contribution in [1.82, 2.24) is 30.1 Å². The minimum Gasteiger partial charge on any atom is -0.448 e. The van der Waals surface area contributed by atoms with Crippen molar-refractivity contribution in [2.75, 3.05) is 66.6 Å². The minimum atomic E-state index is -1.87. The second-order valence-corrected chi connectivity index (χ2v) is 24.4. The third-order valence-corrected chi connectivity index (χ3v) is 18.1. The Morgan fingerprint density at radius 3 is 2.32 bits per heavy atom. The highest BCUT2D eigenvalue weighted by Gasteiger charge is 2.53. The number of cyclic esters (lactones) is 1. The number of aliphatic hydroxyl groups excluding tert-OH is 3. The van der Waals surface area contributed by atoms with Gasteiger partial charge in [-0.3, -0.25) is 4.79 Å². The molecule has 3 aliphatic heterocycles. The van der Waals surface area contributed by atoms with Crippen LogP contribution in [0.1, 0.15) is 111 Å². The molecule has 0 radical (unpaired) electrons. The van der Waals surface area contributed by atoms with Crippen LogP contribution in [0.2, 0.25) is 0 Å². The van der Waals surface area contributed by atoms with Crippen LogP contribution in [0.4, 0.5) is 4.39 Å². The molecule has 1 aromatic carbocycles. The number of alkyl halides is 2. The quantitative estimate of drug-likeness (QED) is 0.0494. The number of halogens is 2. The molecule has 0 unspecified atom stereocenters. The molecule has 3 aliphatic rings. The van der Waals surface area contributed by atoms with Gasteiger partial charge in [0.2, 0.25) is 0 Å². The second-order valence-electron chi connectivity index (χ2n) is 22.3. The van der Waals surface area contributed by atoms with Crippen LogP contribution in [0.15, 0.2) is 30.5 Å². The maximum absolute atomic E-state index is 14.9. The highest BCUT2D eigenvalue weighted by atomic mass is 127. The molecule has 19 nitrogen and oxygen atoms in total. The summed E-state index contributed by atoms with van der Waals surface area (Å²) in [6.45, 7) is 17.3. The fourth-order valence-corrected chi connectivity index (χ4v) is 12.1. The number of aliphatic hydroxyl groups is 5. The van der Waals surface area contributed by atoms with Gasteiger partial charge in [-0.25, -0.2) is 9.07 Å². The summed E-state index contributed by atoms with van der Waals surface area (Å²) in [6, 6.07) is 6.11. The number of methoxy groups -OCH3 is 2. The molecular formula is C53H90FIN6O13S. The Balaban J connectivity index is 1.40. The number of nitrogens with one attached hydrogen (secondary N) is 1. The standard InChI is InChI=1S/C53H90FIN6O13S/c1-30-24-51(7,66)47(32(3)43(72-41-25-52(8,69-13)46(64)35(6)71-41)33(4)48(65)74-50(55)53(9,67)45(63)34(5)60(11)28-30)73-49-42(62)39(23-31(2)70-49)59(10)21-19-38-29-61(58-57-38)40(26-54)44(68-12)37-17-15-36(16-18-37)27-56-20-22-75-14/h15-18,29-35,39-47,49-50,56,62-64,66-67H,19-28H2,1-14H3/t30-,31-,32+,33-,34-,35+,39+,40-,41+,42-,43+,44-,45-,46+,47-,49+,50+,51-,52-,53+/m1/s1. The molecule has 20 atom stereocenters. The average molecular weight is 1200 g/mol. The van der Waals surface area contributed by atoms with Crippen molar-refractivity contribution in [2.45, 2.75) is 195 Å². The highest BCUT2D eigenvalue weighted by molar-refractivity contribution is 14.1. The maximum atomic E-state index is 14.9. The number of thioether (sulfide) groups is 1. The summed E-state index contributed by atoms with van der Waals surface area (Å²) in [7, 11) is 6.76. The van der Waals surface area contributed by atoms with Gasteiger partial charge in [-0.05, 0) is 121 Å². The summed E-state index contributed by atoms with van der Waals surface area (Å²) < 4.78 is 59.1. The summed E-state index contributed by atoms with van der Waals surface area (Å²) in [4.78, 5) is 18.3. The van der Waals surface area contributed by atoms with Gasteiger partial charge >= 0.3 is 5.97 Å². The number of esters is 1. The fourth-order valence-electron chi connectivity index (χ4n) is 11.2. The molecule has 4 heterocycles. The zero-order chi connectivity index (χ0) is 55.7. The van der Waals surface area contributed by atoms with E-state index in [2.05, 4.69) is 21.9 Å². The lowest BCUT2D eigenvalue weighted by Gasteiger charge is -2.49. The van der Waals surface area contributed by atoms with Crippen LogP contribution in [-0.4, -0.2) is 211 Å². The van der Waals surface area contributed by atoms with Crippen LogP contribution in [0.3, 0.4) is 0 Å². The molecule has 6 N–H and O–H groups in total. The molecule has 0 aliphatic carbocycles. The van der Waals surface area contributed by atoms with E-state index in [9.17, 15) is 34.7 Å². The van der Waals surface area contributed by atoms with E-state index < -0.39 is 125 Å². The largest absolute Gasteiger partial charge is 0.448 e. The molecule has 3 saturated heterocycles. The maximum Gasteiger partial charge on any atom is 0.312 e. The van der Waals surface area contributed by atoms with Crippen molar-refractivity contribution < 1.29 is 67.9 Å². The van der Waals surface area contributed by atoms with Gasteiger partial charge in [0.15, 0.2) is 16.7 Å². The van der Waals surface area contributed by atoms with Crippen molar-refractivity contribution in [3.8, 4) is 0 Å². The van der Waals surface area contributed by atoms with Gasteiger partial charge in [-0.15, -0.1) is 5.10 Å². The first-order chi connectivity index (χ1) is 35.2. The Labute approximate surface area is 462 Å². The van der Waals surface area contributed by atoms with E-state index in [4.69, 9.17) is 33.2 Å². The Kier molecular flexibility index (Phi) is 24.0. The third kappa shape index (κ3) is 16.0. The van der Waals surface area contributed by atoms with Crippen LogP contribution in [0.25, 0.3) is 0 Å². The molecule has 0 saturated carbocycles. The number of aromatic nitrogens is 3. The van der Waals surface area contributed by atoms with Crippen LogP contribution in [0, 0.1) is 17.8 Å². The minimum absolute atomic E-state index is 0.0842. The van der Waals surface area contributed by atoms with Crippen LogP contribution < -0.4 is 5.32 Å². The molecular weight excluding hydrogens is 1110 g/mol. The fraction of sp³-hybridized carbons (Fsp3) is 0.830. The number of carbonyl (C=O) groups is 1. The highest BCUT2D eigenvalue weighted by Crippen LogP contribution is 2.41. The summed E-state index contributed by atoms with van der Waals surface area (Å²) >= 11 is 3.61. The molecule has 5 rings (SSSR count). The van der Waals surface area contributed by atoms with E-state index in [1.54, 1.807) is 66.6 Å². The molecule has 22 heteroatoms. The van der Waals surface area contributed by atoms with Gasteiger partial charge in [0.25, 0.3) is 0 Å². The number of nitrogens with zero attached hydrogens (tertiary/aromatic N) is 5. The van der Waals surface area contributed by atoms with Crippen molar-refractivity contribution in [3.05, 3.63) is 47.3 Å². The third-order valence-electron chi connectivity index (χ3n) is 16.0. The lowest BCUT2D eigenvalue weighted by atomic mass is 9.77. The zero-order valence-electron chi connectivity index (χ0n) is 46.7. The number of ether oxygens (including phenoxy) is 7. The second kappa shape index (κ2) is 28.1. The molecule has 0 amide bonds. The van der Waals surface area contributed by atoms with Gasteiger partial charge in [-0.1, -0.05) is 43.3 Å². The van der Waals surface area contributed by atoms with Gasteiger partial charge in [-0.2, -0.15) is 11.8 Å². The first-order valence-electron chi connectivity index (χ1n) is 26.4. The van der Waals surface area contributed by atoms with E-state index in [0.717, 1.165) is 30.0 Å². The summed E-state index contributed by atoms with van der Waals surface area (Å²) in [6.07, 6.45) is -4.90. The molecule has 75 heavy (non-hydrogen) atoms. The normalized spacial score (nSPS) is 38.9. The van der Waals surface area contributed by atoms with Gasteiger partial charge in [0.1, 0.15) is 42.7 Å².